The fraction of sp³-hybridized carbons (Fsp3) is 0.190. The van der Waals surface area contributed by atoms with Crippen LogP contribution in [0.4, 0.5) is 11.6 Å². The van der Waals surface area contributed by atoms with E-state index in [9.17, 15) is 4.79 Å². The van der Waals surface area contributed by atoms with Gasteiger partial charge < -0.3 is 15.4 Å². The minimum absolute atomic E-state index is 0.107. The zero-order chi connectivity index (χ0) is 18.9. The third kappa shape index (κ3) is 5.81. The molecule has 0 bridgehead atoms. The van der Waals surface area contributed by atoms with Crippen molar-refractivity contribution in [3.05, 3.63) is 78.4 Å². The van der Waals surface area contributed by atoms with Gasteiger partial charge >= 0.3 is 0 Å². The normalized spacial score (nSPS) is 11.4. The lowest BCUT2D eigenvalue weighted by atomic mass is 10.1. The van der Waals surface area contributed by atoms with Gasteiger partial charge in [-0.15, -0.1) is 10.2 Å². The Bertz CT molecular complexity index is 839. The first-order chi connectivity index (χ1) is 13.2. The monoisotopic (exact) mass is 362 g/mol. The number of nitrogens with one attached hydrogen (secondary N) is 2. The minimum atomic E-state index is -0.168. The predicted molar refractivity (Wildman–Crippen MR) is 106 cm³/mol. The summed E-state index contributed by atoms with van der Waals surface area (Å²) in [4.78, 5) is 12.0. The van der Waals surface area contributed by atoms with E-state index in [1.807, 2.05) is 48.5 Å². The van der Waals surface area contributed by atoms with Gasteiger partial charge in [0.05, 0.1) is 13.0 Å². The molecule has 6 nitrogen and oxygen atoms in total. The second-order valence-electron chi connectivity index (χ2n) is 6.04. The molecule has 6 heteroatoms. The summed E-state index contributed by atoms with van der Waals surface area (Å²) in [7, 11) is 0. The molecular formula is C21H22N4O2. The standard InChI is InChI=1S/C21H22N4O2/c1-16(17-8-4-2-5-9-17)22-19-12-13-20(25-24-19)23-21(26)14-15-27-18-10-6-3-7-11-18/h2-13,16H,14-15H2,1H3,(H,22,24)(H,23,25,26). The van der Waals surface area contributed by atoms with Gasteiger partial charge in [-0.1, -0.05) is 48.5 Å². The third-order valence-corrected chi connectivity index (χ3v) is 3.94. The van der Waals surface area contributed by atoms with Gasteiger partial charge in [-0.05, 0) is 36.8 Å². The number of anilines is 2. The molecule has 0 aliphatic carbocycles. The summed E-state index contributed by atoms with van der Waals surface area (Å²) < 4.78 is 5.51. The summed E-state index contributed by atoms with van der Waals surface area (Å²) in [6.07, 6.45) is 0.238. The number of ether oxygens (including phenoxy) is 1. The van der Waals surface area contributed by atoms with Crippen molar-refractivity contribution in [1.82, 2.24) is 10.2 Å². The van der Waals surface area contributed by atoms with Crippen molar-refractivity contribution in [2.45, 2.75) is 19.4 Å². The molecule has 0 saturated heterocycles. The zero-order valence-corrected chi connectivity index (χ0v) is 15.1. The van der Waals surface area contributed by atoms with Gasteiger partial charge in [-0.25, -0.2) is 0 Å². The minimum Gasteiger partial charge on any atom is -0.493 e. The molecule has 1 heterocycles. The van der Waals surface area contributed by atoms with Crippen molar-refractivity contribution < 1.29 is 9.53 Å². The summed E-state index contributed by atoms with van der Waals surface area (Å²) in [5.74, 6) is 1.64. The van der Waals surface area contributed by atoms with Crippen LogP contribution in [0.15, 0.2) is 72.8 Å². The predicted octanol–water partition coefficient (Wildman–Crippen LogP) is 4.06. The maximum atomic E-state index is 12.0. The zero-order valence-electron chi connectivity index (χ0n) is 15.1. The Morgan fingerprint density at radius 3 is 2.22 bits per heavy atom. The summed E-state index contributed by atoms with van der Waals surface area (Å²) in [6.45, 7) is 2.36. The number of carbonyl (C=O) groups is 1. The first kappa shape index (κ1) is 18.4. The van der Waals surface area contributed by atoms with E-state index < -0.39 is 0 Å². The Morgan fingerprint density at radius 1 is 0.926 bits per heavy atom. The molecule has 0 radical (unpaired) electrons. The molecule has 3 rings (SSSR count). The van der Waals surface area contributed by atoms with E-state index in [0.717, 1.165) is 11.3 Å². The van der Waals surface area contributed by atoms with E-state index in [-0.39, 0.29) is 18.4 Å². The second kappa shape index (κ2) is 9.33. The highest BCUT2D eigenvalue weighted by Crippen LogP contribution is 2.17. The molecule has 1 aromatic heterocycles. The van der Waals surface area contributed by atoms with Gasteiger partial charge in [0, 0.05) is 6.04 Å². The van der Waals surface area contributed by atoms with E-state index in [0.29, 0.717) is 18.2 Å². The van der Waals surface area contributed by atoms with Gasteiger partial charge in [-0.3, -0.25) is 4.79 Å². The van der Waals surface area contributed by atoms with Gasteiger partial charge in [0.15, 0.2) is 5.82 Å². The van der Waals surface area contributed by atoms with Gasteiger partial charge in [0.1, 0.15) is 11.6 Å². The molecule has 3 aromatic rings. The Balaban J connectivity index is 1.45. The Hall–Kier alpha value is -3.41. The van der Waals surface area contributed by atoms with Crippen LogP contribution in [0.1, 0.15) is 24.9 Å². The Labute approximate surface area is 158 Å². The molecule has 1 unspecified atom stereocenters. The number of benzene rings is 2. The molecule has 0 saturated carbocycles. The molecule has 1 atom stereocenters. The highest BCUT2D eigenvalue weighted by atomic mass is 16.5. The first-order valence-corrected chi connectivity index (χ1v) is 8.83. The van der Waals surface area contributed by atoms with Gasteiger partial charge in [-0.2, -0.15) is 0 Å². The summed E-state index contributed by atoms with van der Waals surface area (Å²) in [5, 5.41) is 14.2. The Kier molecular flexibility index (Phi) is 6.35. The van der Waals surface area contributed by atoms with Crippen molar-refractivity contribution in [3.8, 4) is 5.75 Å². The van der Waals surface area contributed by atoms with Gasteiger partial charge in [0.2, 0.25) is 5.91 Å². The number of carbonyl (C=O) groups excluding carboxylic acids is 1. The van der Waals surface area contributed by atoms with Crippen molar-refractivity contribution in [2.24, 2.45) is 0 Å². The lowest BCUT2D eigenvalue weighted by Gasteiger charge is -2.14. The van der Waals surface area contributed by atoms with Crippen LogP contribution in [0, 0.1) is 0 Å². The maximum Gasteiger partial charge on any atom is 0.229 e. The van der Waals surface area contributed by atoms with Crippen LogP contribution >= 0.6 is 0 Å². The topological polar surface area (TPSA) is 76.1 Å². The third-order valence-electron chi connectivity index (χ3n) is 3.94. The lowest BCUT2D eigenvalue weighted by Crippen LogP contribution is -2.16. The van der Waals surface area contributed by atoms with Crippen molar-refractivity contribution in [3.63, 3.8) is 0 Å². The summed E-state index contributed by atoms with van der Waals surface area (Å²) in [5.41, 5.74) is 1.16. The van der Waals surface area contributed by atoms with Crippen LogP contribution in [-0.2, 0) is 4.79 Å². The van der Waals surface area contributed by atoms with E-state index in [1.165, 1.54) is 0 Å². The van der Waals surface area contributed by atoms with Crippen LogP contribution < -0.4 is 15.4 Å². The fourth-order valence-corrected chi connectivity index (χ4v) is 2.51. The molecule has 0 aliphatic heterocycles. The largest absolute Gasteiger partial charge is 0.493 e. The Morgan fingerprint density at radius 2 is 1.56 bits per heavy atom. The molecule has 0 spiro atoms. The number of rotatable bonds is 8. The van der Waals surface area contributed by atoms with E-state index >= 15 is 0 Å². The van der Waals surface area contributed by atoms with Crippen molar-refractivity contribution >= 4 is 17.5 Å². The summed E-state index contributed by atoms with van der Waals surface area (Å²) in [6, 6.07) is 23.1. The average molecular weight is 362 g/mol. The number of aromatic nitrogens is 2. The van der Waals surface area contributed by atoms with Crippen molar-refractivity contribution in [2.75, 3.05) is 17.2 Å². The second-order valence-corrected chi connectivity index (χ2v) is 6.04. The molecular weight excluding hydrogens is 340 g/mol. The maximum absolute atomic E-state index is 12.0. The van der Waals surface area contributed by atoms with Crippen LogP contribution in [0.2, 0.25) is 0 Å². The fourth-order valence-electron chi connectivity index (χ4n) is 2.51. The number of hydrogen-bond acceptors (Lipinski definition) is 5. The molecule has 138 valence electrons. The molecule has 27 heavy (non-hydrogen) atoms. The smallest absolute Gasteiger partial charge is 0.229 e. The first-order valence-electron chi connectivity index (χ1n) is 8.83. The van der Waals surface area contributed by atoms with Crippen LogP contribution in [0.3, 0.4) is 0 Å². The van der Waals surface area contributed by atoms with E-state index in [2.05, 4.69) is 39.9 Å². The van der Waals surface area contributed by atoms with E-state index in [4.69, 9.17) is 4.74 Å². The molecule has 0 aliphatic rings. The SMILES string of the molecule is CC(Nc1ccc(NC(=O)CCOc2ccccc2)nn1)c1ccccc1. The average Bonchev–Trinajstić information content (AvgIpc) is 2.71. The quantitative estimate of drug-likeness (QED) is 0.632. The number of para-hydroxylation sites is 1. The van der Waals surface area contributed by atoms with Crippen LogP contribution in [0.5, 0.6) is 5.75 Å². The highest BCUT2D eigenvalue weighted by Gasteiger charge is 2.08. The molecule has 2 aromatic carbocycles. The molecule has 1 amide bonds. The molecule has 2 N–H and O–H groups in total. The van der Waals surface area contributed by atoms with E-state index in [1.54, 1.807) is 12.1 Å². The molecule has 0 fully saturated rings. The number of hydrogen-bond donors (Lipinski definition) is 2. The summed E-state index contributed by atoms with van der Waals surface area (Å²) >= 11 is 0. The van der Waals surface area contributed by atoms with Crippen LogP contribution in [0.25, 0.3) is 0 Å². The number of nitrogens with zero attached hydrogens (tertiary/aromatic N) is 2. The highest BCUT2D eigenvalue weighted by molar-refractivity contribution is 5.89. The van der Waals surface area contributed by atoms with Gasteiger partial charge in [0.25, 0.3) is 0 Å². The van der Waals surface area contributed by atoms with Crippen LogP contribution in [-0.4, -0.2) is 22.7 Å². The lowest BCUT2D eigenvalue weighted by molar-refractivity contribution is -0.116. The van der Waals surface area contributed by atoms with Crippen molar-refractivity contribution in [1.29, 1.82) is 0 Å². The number of amides is 1.